The number of nitrogens with zero attached hydrogens (tertiary/aromatic N) is 1. The van der Waals surface area contributed by atoms with Gasteiger partial charge in [0.25, 0.3) is 0 Å². The fraction of sp³-hybridized carbons (Fsp3) is 0.0667. The minimum absolute atomic E-state index is 0.0567. The second-order valence-electron chi connectivity index (χ2n) is 4.66. The number of aromatic nitrogens is 1. The van der Waals surface area contributed by atoms with Crippen molar-refractivity contribution in [3.63, 3.8) is 0 Å². The molecule has 23 heavy (non-hydrogen) atoms. The monoisotopic (exact) mass is 357 g/mol. The second-order valence-corrected chi connectivity index (χ2v) is 6.38. The summed E-state index contributed by atoms with van der Waals surface area (Å²) in [6.07, 6.45) is -4.63. The molecule has 0 radical (unpaired) electrons. The summed E-state index contributed by atoms with van der Waals surface area (Å²) in [6, 6.07) is 7.78. The van der Waals surface area contributed by atoms with E-state index in [1.54, 1.807) is 12.1 Å². The van der Waals surface area contributed by atoms with Crippen LogP contribution in [-0.4, -0.2) is 16.1 Å². The Bertz CT molecular complexity index is 921. The maximum absolute atomic E-state index is 13.2. The van der Waals surface area contributed by atoms with E-state index in [1.807, 2.05) is 0 Å². The fourth-order valence-corrected chi connectivity index (χ4v) is 3.24. The van der Waals surface area contributed by atoms with Gasteiger partial charge >= 0.3 is 12.1 Å². The van der Waals surface area contributed by atoms with Gasteiger partial charge < -0.3 is 5.11 Å². The summed E-state index contributed by atoms with van der Waals surface area (Å²) in [7, 11) is 0. The van der Waals surface area contributed by atoms with Gasteiger partial charge in [0.2, 0.25) is 0 Å². The zero-order chi connectivity index (χ0) is 16.8. The summed E-state index contributed by atoms with van der Waals surface area (Å²) in [4.78, 5) is 16.0. The molecule has 3 nitrogen and oxygen atoms in total. The molecule has 0 unspecified atom stereocenters. The molecule has 0 saturated heterocycles. The molecular weight excluding hydrogens is 351 g/mol. The molecule has 1 aromatic carbocycles. The van der Waals surface area contributed by atoms with Crippen molar-refractivity contribution < 1.29 is 23.1 Å². The number of aromatic carboxylic acids is 1. The number of fused-ring (bicyclic) bond motifs is 1. The van der Waals surface area contributed by atoms with Crippen LogP contribution < -0.4 is 0 Å². The summed E-state index contributed by atoms with van der Waals surface area (Å²) in [5, 5.41) is 9.26. The third kappa shape index (κ3) is 2.89. The first-order valence-corrected chi connectivity index (χ1v) is 7.47. The highest BCUT2D eigenvalue weighted by Gasteiger charge is 2.34. The molecule has 2 aromatic heterocycles. The Kier molecular flexibility index (Phi) is 3.77. The first-order chi connectivity index (χ1) is 10.8. The van der Waals surface area contributed by atoms with Crippen molar-refractivity contribution in [3.05, 3.63) is 51.9 Å². The van der Waals surface area contributed by atoms with Crippen molar-refractivity contribution in [2.24, 2.45) is 0 Å². The van der Waals surface area contributed by atoms with E-state index in [9.17, 15) is 23.1 Å². The van der Waals surface area contributed by atoms with Crippen LogP contribution in [0.2, 0.25) is 4.34 Å². The standard InChI is InChI=1S/C15H7ClF3NO2S/c16-12-5-4-11(23-12)10-6-8(14(21)22)7-2-1-3-9(13(7)20-10)15(17,18)19/h1-6H,(H,21,22). The normalized spacial score (nSPS) is 11.8. The average molecular weight is 358 g/mol. The third-order valence-electron chi connectivity index (χ3n) is 3.20. The summed E-state index contributed by atoms with van der Waals surface area (Å²) < 4.78 is 40.0. The zero-order valence-corrected chi connectivity index (χ0v) is 12.8. The molecule has 118 valence electrons. The van der Waals surface area contributed by atoms with Crippen molar-refractivity contribution in [1.29, 1.82) is 0 Å². The number of hydrogen-bond donors (Lipinski definition) is 1. The SMILES string of the molecule is O=C(O)c1cc(-c2ccc(Cl)s2)nc2c(C(F)(F)F)cccc12. The van der Waals surface area contributed by atoms with Gasteiger partial charge in [0, 0.05) is 5.39 Å². The molecular formula is C15H7ClF3NO2S. The van der Waals surface area contributed by atoms with Gasteiger partial charge in [-0.2, -0.15) is 13.2 Å². The molecule has 0 saturated carbocycles. The summed E-state index contributed by atoms with van der Waals surface area (Å²) in [6.45, 7) is 0. The van der Waals surface area contributed by atoms with E-state index in [-0.39, 0.29) is 22.2 Å². The first-order valence-electron chi connectivity index (χ1n) is 6.27. The molecule has 0 aliphatic heterocycles. The lowest BCUT2D eigenvalue weighted by Gasteiger charge is -2.12. The maximum Gasteiger partial charge on any atom is 0.418 e. The van der Waals surface area contributed by atoms with E-state index < -0.39 is 17.7 Å². The summed E-state index contributed by atoms with van der Waals surface area (Å²) in [5.41, 5.74) is -1.45. The number of carboxylic acid groups (broad SMARTS) is 1. The molecule has 8 heteroatoms. The number of para-hydroxylation sites is 1. The number of carboxylic acids is 1. The van der Waals surface area contributed by atoms with Gasteiger partial charge in [-0.1, -0.05) is 23.7 Å². The Labute approximate surface area is 137 Å². The molecule has 2 heterocycles. The molecule has 3 aromatic rings. The van der Waals surface area contributed by atoms with Crippen molar-refractivity contribution in [1.82, 2.24) is 4.98 Å². The van der Waals surface area contributed by atoms with E-state index in [1.165, 1.54) is 18.2 Å². The number of benzene rings is 1. The second kappa shape index (κ2) is 5.50. The number of thiophene rings is 1. The van der Waals surface area contributed by atoms with E-state index in [0.717, 1.165) is 17.4 Å². The van der Waals surface area contributed by atoms with Crippen molar-refractivity contribution in [2.45, 2.75) is 6.18 Å². The minimum atomic E-state index is -4.63. The summed E-state index contributed by atoms with van der Waals surface area (Å²) in [5.74, 6) is -1.32. The van der Waals surface area contributed by atoms with Crippen molar-refractivity contribution in [2.75, 3.05) is 0 Å². The highest BCUT2D eigenvalue weighted by atomic mass is 35.5. The highest BCUT2D eigenvalue weighted by molar-refractivity contribution is 7.19. The van der Waals surface area contributed by atoms with Gasteiger partial charge in [0.1, 0.15) is 0 Å². The lowest BCUT2D eigenvalue weighted by atomic mass is 10.0. The largest absolute Gasteiger partial charge is 0.478 e. The van der Waals surface area contributed by atoms with Crippen LogP contribution in [0.25, 0.3) is 21.5 Å². The highest BCUT2D eigenvalue weighted by Crippen LogP contribution is 2.37. The predicted octanol–water partition coefficient (Wildman–Crippen LogP) is 5.33. The van der Waals surface area contributed by atoms with E-state index in [4.69, 9.17) is 11.6 Å². The van der Waals surface area contributed by atoms with Crippen LogP contribution in [0.1, 0.15) is 15.9 Å². The Morgan fingerprint density at radius 2 is 1.96 bits per heavy atom. The van der Waals surface area contributed by atoms with E-state index in [0.29, 0.717) is 9.21 Å². The van der Waals surface area contributed by atoms with Crippen LogP contribution >= 0.6 is 22.9 Å². The zero-order valence-electron chi connectivity index (χ0n) is 11.2. The van der Waals surface area contributed by atoms with E-state index in [2.05, 4.69) is 4.98 Å². The minimum Gasteiger partial charge on any atom is -0.478 e. The van der Waals surface area contributed by atoms with Crippen molar-refractivity contribution in [3.8, 4) is 10.6 Å². The number of hydrogen-bond acceptors (Lipinski definition) is 3. The van der Waals surface area contributed by atoms with Crippen LogP contribution in [-0.2, 0) is 6.18 Å². The molecule has 0 amide bonds. The van der Waals surface area contributed by atoms with Crippen molar-refractivity contribution >= 4 is 39.8 Å². The molecule has 3 rings (SSSR count). The molecule has 0 aliphatic carbocycles. The molecule has 1 N–H and O–H groups in total. The third-order valence-corrected chi connectivity index (χ3v) is 4.45. The number of pyridine rings is 1. The lowest BCUT2D eigenvalue weighted by molar-refractivity contribution is -0.136. The predicted molar refractivity (Wildman–Crippen MR) is 82.0 cm³/mol. The topological polar surface area (TPSA) is 50.2 Å². The number of carbonyl (C=O) groups is 1. The van der Waals surface area contributed by atoms with Gasteiger partial charge in [0.05, 0.1) is 31.6 Å². The van der Waals surface area contributed by atoms with Crippen LogP contribution in [0.3, 0.4) is 0 Å². The maximum atomic E-state index is 13.2. The van der Waals surface area contributed by atoms with Gasteiger partial charge in [-0.05, 0) is 24.3 Å². The van der Waals surface area contributed by atoms with Crippen LogP contribution in [0.4, 0.5) is 13.2 Å². The number of alkyl halides is 3. The van der Waals surface area contributed by atoms with Gasteiger partial charge in [-0.3, -0.25) is 0 Å². The lowest BCUT2D eigenvalue weighted by Crippen LogP contribution is -2.08. The number of halogens is 4. The van der Waals surface area contributed by atoms with Crippen LogP contribution in [0.15, 0.2) is 36.4 Å². The molecule has 0 bridgehead atoms. The first kappa shape index (κ1) is 15.8. The molecule has 0 fully saturated rings. The Morgan fingerprint density at radius 3 is 2.52 bits per heavy atom. The Balaban J connectivity index is 2.39. The quantitative estimate of drug-likeness (QED) is 0.674. The fourth-order valence-electron chi connectivity index (χ4n) is 2.23. The smallest absolute Gasteiger partial charge is 0.418 e. The molecule has 0 atom stereocenters. The summed E-state index contributed by atoms with van der Waals surface area (Å²) >= 11 is 6.94. The number of rotatable bonds is 2. The van der Waals surface area contributed by atoms with Gasteiger partial charge in [-0.25, -0.2) is 9.78 Å². The van der Waals surface area contributed by atoms with Gasteiger partial charge in [0.15, 0.2) is 0 Å². The van der Waals surface area contributed by atoms with Crippen LogP contribution in [0.5, 0.6) is 0 Å². The Morgan fingerprint density at radius 1 is 1.22 bits per heavy atom. The van der Waals surface area contributed by atoms with Crippen LogP contribution in [0, 0.1) is 0 Å². The van der Waals surface area contributed by atoms with E-state index >= 15 is 0 Å². The average Bonchev–Trinajstić information content (AvgIpc) is 2.90. The Hall–Kier alpha value is -2.12. The molecule has 0 aliphatic rings. The molecule has 0 spiro atoms. The van der Waals surface area contributed by atoms with Gasteiger partial charge in [-0.15, -0.1) is 11.3 Å².